The van der Waals surface area contributed by atoms with Crippen LogP contribution in [0.3, 0.4) is 0 Å². The van der Waals surface area contributed by atoms with Crippen LogP contribution in [-0.2, 0) is 4.74 Å². The third-order valence-electron chi connectivity index (χ3n) is 2.35. The first-order valence-corrected chi connectivity index (χ1v) is 4.93. The SMILES string of the molecule is COCC(NN)c1ccc(OC)cc1OC. The van der Waals surface area contributed by atoms with Gasteiger partial charge in [0, 0.05) is 18.7 Å². The number of benzene rings is 1. The zero-order chi connectivity index (χ0) is 12.0. The molecule has 1 aromatic carbocycles. The van der Waals surface area contributed by atoms with Crippen molar-refractivity contribution in [1.29, 1.82) is 0 Å². The van der Waals surface area contributed by atoms with Crippen molar-refractivity contribution in [2.45, 2.75) is 6.04 Å². The van der Waals surface area contributed by atoms with E-state index < -0.39 is 0 Å². The van der Waals surface area contributed by atoms with E-state index in [1.165, 1.54) is 0 Å². The summed E-state index contributed by atoms with van der Waals surface area (Å²) in [5.41, 5.74) is 3.62. The minimum Gasteiger partial charge on any atom is -0.497 e. The van der Waals surface area contributed by atoms with Crippen molar-refractivity contribution in [1.82, 2.24) is 5.43 Å². The van der Waals surface area contributed by atoms with Crippen LogP contribution in [0.4, 0.5) is 0 Å². The molecule has 0 spiro atoms. The Morgan fingerprint density at radius 3 is 2.50 bits per heavy atom. The van der Waals surface area contributed by atoms with Crippen molar-refractivity contribution >= 4 is 0 Å². The van der Waals surface area contributed by atoms with Crippen LogP contribution >= 0.6 is 0 Å². The lowest BCUT2D eigenvalue weighted by molar-refractivity contribution is 0.166. The lowest BCUT2D eigenvalue weighted by atomic mass is 10.1. The van der Waals surface area contributed by atoms with E-state index in [-0.39, 0.29) is 6.04 Å². The third kappa shape index (κ3) is 2.85. The molecule has 1 rings (SSSR count). The second-order valence-corrected chi connectivity index (χ2v) is 3.28. The predicted octanol–water partition coefficient (Wildman–Crippen LogP) is 0.855. The molecule has 0 radical (unpaired) electrons. The van der Waals surface area contributed by atoms with E-state index in [0.717, 1.165) is 17.1 Å². The van der Waals surface area contributed by atoms with E-state index in [1.807, 2.05) is 18.2 Å². The number of hydrogen-bond donors (Lipinski definition) is 2. The van der Waals surface area contributed by atoms with Crippen molar-refractivity contribution in [3.8, 4) is 11.5 Å². The molecule has 16 heavy (non-hydrogen) atoms. The number of hydrazine groups is 1. The summed E-state index contributed by atoms with van der Waals surface area (Å²) in [6.07, 6.45) is 0. The first-order valence-electron chi connectivity index (χ1n) is 4.93. The van der Waals surface area contributed by atoms with E-state index in [9.17, 15) is 0 Å². The molecule has 0 saturated carbocycles. The monoisotopic (exact) mass is 226 g/mol. The zero-order valence-electron chi connectivity index (χ0n) is 9.82. The average molecular weight is 226 g/mol. The van der Waals surface area contributed by atoms with Gasteiger partial charge in [-0.1, -0.05) is 0 Å². The molecule has 0 bridgehead atoms. The summed E-state index contributed by atoms with van der Waals surface area (Å²) in [6, 6.07) is 5.47. The number of rotatable bonds is 6. The molecule has 5 nitrogen and oxygen atoms in total. The lowest BCUT2D eigenvalue weighted by Gasteiger charge is -2.18. The molecule has 0 saturated heterocycles. The van der Waals surface area contributed by atoms with Gasteiger partial charge in [-0.2, -0.15) is 0 Å². The highest BCUT2D eigenvalue weighted by Gasteiger charge is 2.15. The fourth-order valence-electron chi connectivity index (χ4n) is 1.50. The molecule has 0 aromatic heterocycles. The topological polar surface area (TPSA) is 65.7 Å². The maximum Gasteiger partial charge on any atom is 0.127 e. The summed E-state index contributed by atoms with van der Waals surface area (Å²) in [5.74, 6) is 6.93. The fraction of sp³-hybridized carbons (Fsp3) is 0.455. The second kappa shape index (κ2) is 6.32. The molecule has 1 atom stereocenters. The molecule has 0 fully saturated rings. The van der Waals surface area contributed by atoms with Crippen molar-refractivity contribution < 1.29 is 14.2 Å². The van der Waals surface area contributed by atoms with Crippen molar-refractivity contribution in [3.05, 3.63) is 23.8 Å². The molecular formula is C11H18N2O3. The molecule has 0 amide bonds. The molecule has 0 aliphatic carbocycles. The largest absolute Gasteiger partial charge is 0.497 e. The van der Waals surface area contributed by atoms with Gasteiger partial charge in [-0.05, 0) is 12.1 Å². The van der Waals surface area contributed by atoms with Gasteiger partial charge in [0.2, 0.25) is 0 Å². The molecule has 3 N–H and O–H groups in total. The quantitative estimate of drug-likeness (QED) is 0.556. The van der Waals surface area contributed by atoms with Crippen molar-refractivity contribution in [2.24, 2.45) is 5.84 Å². The molecule has 1 unspecified atom stereocenters. The molecule has 0 aliphatic rings. The Balaban J connectivity index is 3.01. The number of methoxy groups -OCH3 is 3. The highest BCUT2D eigenvalue weighted by atomic mass is 16.5. The second-order valence-electron chi connectivity index (χ2n) is 3.28. The van der Waals surface area contributed by atoms with Crippen molar-refractivity contribution in [3.63, 3.8) is 0 Å². The summed E-state index contributed by atoms with van der Waals surface area (Å²) in [7, 11) is 4.85. The van der Waals surface area contributed by atoms with Gasteiger partial charge in [0.25, 0.3) is 0 Å². The fourth-order valence-corrected chi connectivity index (χ4v) is 1.50. The first-order chi connectivity index (χ1) is 7.76. The Bertz CT molecular complexity index is 331. The van der Waals surface area contributed by atoms with Crippen LogP contribution in [0.25, 0.3) is 0 Å². The maximum atomic E-state index is 5.47. The predicted molar refractivity (Wildman–Crippen MR) is 61.5 cm³/mol. The van der Waals surface area contributed by atoms with Crippen LogP contribution in [0.1, 0.15) is 11.6 Å². The van der Waals surface area contributed by atoms with Gasteiger partial charge in [-0.3, -0.25) is 11.3 Å². The summed E-state index contributed by atoms with van der Waals surface area (Å²) in [6.45, 7) is 0.471. The van der Waals surface area contributed by atoms with Crippen LogP contribution in [0.15, 0.2) is 18.2 Å². The van der Waals surface area contributed by atoms with Crippen LogP contribution in [-0.4, -0.2) is 27.9 Å². The standard InChI is InChI=1S/C11H18N2O3/c1-14-7-10(13-12)9-5-4-8(15-2)6-11(9)16-3/h4-6,10,13H,7,12H2,1-3H3. The molecule has 0 heterocycles. The van der Waals surface area contributed by atoms with E-state index in [1.54, 1.807) is 21.3 Å². The maximum absolute atomic E-state index is 5.47. The van der Waals surface area contributed by atoms with Crippen LogP contribution in [0, 0.1) is 0 Å². The lowest BCUT2D eigenvalue weighted by Crippen LogP contribution is -2.31. The number of nitrogens with two attached hydrogens (primary N) is 1. The van der Waals surface area contributed by atoms with Gasteiger partial charge in [-0.25, -0.2) is 0 Å². The summed E-state index contributed by atoms with van der Waals surface area (Å²) in [4.78, 5) is 0. The van der Waals surface area contributed by atoms with Gasteiger partial charge in [0.1, 0.15) is 11.5 Å². The summed E-state index contributed by atoms with van der Waals surface area (Å²) < 4.78 is 15.5. The van der Waals surface area contributed by atoms with Gasteiger partial charge < -0.3 is 14.2 Å². The molecule has 0 aliphatic heterocycles. The smallest absolute Gasteiger partial charge is 0.127 e. The third-order valence-corrected chi connectivity index (χ3v) is 2.35. The minimum absolute atomic E-state index is 0.106. The zero-order valence-corrected chi connectivity index (χ0v) is 9.82. The summed E-state index contributed by atoms with van der Waals surface area (Å²) in [5, 5.41) is 0. The number of nitrogens with one attached hydrogen (secondary N) is 1. The Morgan fingerprint density at radius 2 is 2.00 bits per heavy atom. The Morgan fingerprint density at radius 1 is 1.25 bits per heavy atom. The van der Waals surface area contributed by atoms with E-state index in [0.29, 0.717) is 6.61 Å². The van der Waals surface area contributed by atoms with E-state index in [4.69, 9.17) is 20.1 Å². The molecule has 5 heteroatoms. The molecular weight excluding hydrogens is 208 g/mol. The Labute approximate surface area is 95.5 Å². The molecule has 1 aromatic rings. The Kier molecular flexibility index (Phi) is 5.04. The number of ether oxygens (including phenoxy) is 3. The molecule has 90 valence electrons. The van der Waals surface area contributed by atoms with E-state index >= 15 is 0 Å². The Hall–Kier alpha value is -1.30. The van der Waals surface area contributed by atoms with Gasteiger partial charge in [0.15, 0.2) is 0 Å². The van der Waals surface area contributed by atoms with Crippen LogP contribution < -0.4 is 20.7 Å². The van der Waals surface area contributed by atoms with Gasteiger partial charge in [-0.15, -0.1) is 0 Å². The minimum atomic E-state index is -0.106. The first kappa shape index (κ1) is 12.8. The van der Waals surface area contributed by atoms with Gasteiger partial charge >= 0.3 is 0 Å². The van der Waals surface area contributed by atoms with Gasteiger partial charge in [0.05, 0.1) is 26.9 Å². The highest BCUT2D eigenvalue weighted by Crippen LogP contribution is 2.29. The number of hydrogen-bond acceptors (Lipinski definition) is 5. The van der Waals surface area contributed by atoms with Crippen LogP contribution in [0.5, 0.6) is 11.5 Å². The van der Waals surface area contributed by atoms with Crippen molar-refractivity contribution in [2.75, 3.05) is 27.9 Å². The summed E-state index contributed by atoms with van der Waals surface area (Å²) >= 11 is 0. The van der Waals surface area contributed by atoms with Crippen LogP contribution in [0.2, 0.25) is 0 Å². The average Bonchev–Trinajstić information content (AvgIpc) is 2.35. The van der Waals surface area contributed by atoms with E-state index in [2.05, 4.69) is 5.43 Å². The highest BCUT2D eigenvalue weighted by molar-refractivity contribution is 5.42. The normalized spacial score (nSPS) is 12.2.